The minimum atomic E-state index is -1.73. The summed E-state index contributed by atoms with van der Waals surface area (Å²) < 4.78 is 12.4. The Bertz CT molecular complexity index is 331. The molecule has 0 aliphatic heterocycles. The van der Waals surface area contributed by atoms with Crippen LogP contribution in [-0.4, -0.2) is 33.9 Å². The standard InChI is InChI=1S/C19H38O3Si/c1-8-12-13-16(5)19(21-7)17(6)18(14-15-20)22-23(9-2,10-3)11-4/h8,12,15-19H,9-11,13-14H2,1-7H3/b12-8+/t16-,17-,18+,19+/m0/s1. The van der Waals surface area contributed by atoms with Gasteiger partial charge in [-0.05, 0) is 37.4 Å². The number of ether oxygens (including phenoxy) is 1. The Labute approximate surface area is 145 Å². The Morgan fingerprint density at radius 1 is 1.04 bits per heavy atom. The van der Waals surface area contributed by atoms with Gasteiger partial charge in [0.25, 0.3) is 0 Å². The number of aldehydes is 1. The van der Waals surface area contributed by atoms with Crippen LogP contribution in [0.5, 0.6) is 0 Å². The van der Waals surface area contributed by atoms with Crippen LogP contribution in [0, 0.1) is 11.8 Å². The van der Waals surface area contributed by atoms with Crippen molar-refractivity contribution in [2.45, 2.75) is 84.7 Å². The molecule has 0 aliphatic rings. The fourth-order valence-electron chi connectivity index (χ4n) is 3.45. The molecule has 23 heavy (non-hydrogen) atoms. The molecular weight excluding hydrogens is 304 g/mol. The molecule has 0 radical (unpaired) electrons. The van der Waals surface area contributed by atoms with Crippen molar-refractivity contribution in [1.29, 1.82) is 0 Å². The smallest absolute Gasteiger partial charge is 0.192 e. The van der Waals surface area contributed by atoms with Crippen molar-refractivity contribution in [3.8, 4) is 0 Å². The predicted molar refractivity (Wildman–Crippen MR) is 101 cm³/mol. The van der Waals surface area contributed by atoms with E-state index in [9.17, 15) is 4.79 Å². The molecule has 0 aliphatic carbocycles. The maximum absolute atomic E-state index is 11.2. The zero-order valence-corrected chi connectivity index (χ0v) is 17.3. The van der Waals surface area contributed by atoms with E-state index in [1.54, 1.807) is 7.11 Å². The molecule has 0 heterocycles. The van der Waals surface area contributed by atoms with Crippen molar-refractivity contribution >= 4 is 14.6 Å². The van der Waals surface area contributed by atoms with Gasteiger partial charge in [-0.3, -0.25) is 0 Å². The normalized spacial score (nSPS) is 17.9. The van der Waals surface area contributed by atoms with E-state index < -0.39 is 8.32 Å². The van der Waals surface area contributed by atoms with Crippen molar-refractivity contribution < 1.29 is 14.0 Å². The van der Waals surface area contributed by atoms with Crippen LogP contribution in [0.15, 0.2) is 12.2 Å². The molecule has 136 valence electrons. The average Bonchev–Trinajstić information content (AvgIpc) is 2.57. The lowest BCUT2D eigenvalue weighted by Crippen LogP contribution is -2.46. The van der Waals surface area contributed by atoms with E-state index in [2.05, 4.69) is 46.8 Å². The van der Waals surface area contributed by atoms with Gasteiger partial charge in [-0.2, -0.15) is 0 Å². The molecule has 0 aromatic rings. The summed E-state index contributed by atoms with van der Waals surface area (Å²) in [5.41, 5.74) is 0. The van der Waals surface area contributed by atoms with Gasteiger partial charge in [0, 0.05) is 19.4 Å². The molecule has 0 rings (SSSR count). The van der Waals surface area contributed by atoms with Crippen molar-refractivity contribution in [3.63, 3.8) is 0 Å². The number of methoxy groups -OCH3 is 1. The molecule has 0 N–H and O–H groups in total. The maximum Gasteiger partial charge on any atom is 0.192 e. The summed E-state index contributed by atoms with van der Waals surface area (Å²) in [5.74, 6) is 0.617. The Balaban J connectivity index is 5.20. The van der Waals surface area contributed by atoms with Gasteiger partial charge in [-0.15, -0.1) is 0 Å². The van der Waals surface area contributed by atoms with E-state index in [0.717, 1.165) is 30.8 Å². The third-order valence-corrected chi connectivity index (χ3v) is 10.0. The van der Waals surface area contributed by atoms with Crippen LogP contribution in [0.1, 0.15) is 54.4 Å². The molecule has 0 unspecified atom stereocenters. The summed E-state index contributed by atoms with van der Waals surface area (Å²) in [7, 11) is 0.0456. The van der Waals surface area contributed by atoms with Crippen LogP contribution >= 0.6 is 0 Å². The molecule has 0 saturated heterocycles. The van der Waals surface area contributed by atoms with Crippen LogP contribution in [0.25, 0.3) is 0 Å². The largest absolute Gasteiger partial charge is 0.413 e. The first-order chi connectivity index (χ1) is 10.9. The zero-order valence-electron chi connectivity index (χ0n) is 16.3. The minimum Gasteiger partial charge on any atom is -0.413 e. The Kier molecular flexibility index (Phi) is 11.8. The number of hydrogen-bond donors (Lipinski definition) is 0. The van der Waals surface area contributed by atoms with Gasteiger partial charge in [-0.1, -0.05) is 46.8 Å². The highest BCUT2D eigenvalue weighted by atomic mass is 28.4. The SMILES string of the molecule is C/C=C/C[C@H](C)[C@@H](OC)[C@@H](C)[C@@H](CC=O)O[Si](CC)(CC)CC. The first kappa shape index (κ1) is 22.5. The number of allylic oxidation sites excluding steroid dienone is 2. The van der Waals surface area contributed by atoms with Crippen LogP contribution in [0.2, 0.25) is 18.1 Å². The van der Waals surface area contributed by atoms with Crippen molar-refractivity contribution in [3.05, 3.63) is 12.2 Å². The van der Waals surface area contributed by atoms with Crippen molar-refractivity contribution in [2.75, 3.05) is 7.11 Å². The molecule has 0 saturated carbocycles. The summed E-state index contributed by atoms with van der Waals surface area (Å²) in [6.07, 6.45) is 6.80. The molecule has 0 bridgehead atoms. The maximum atomic E-state index is 11.2. The van der Waals surface area contributed by atoms with E-state index in [0.29, 0.717) is 12.3 Å². The van der Waals surface area contributed by atoms with Crippen molar-refractivity contribution in [1.82, 2.24) is 0 Å². The van der Waals surface area contributed by atoms with Gasteiger partial charge in [-0.25, -0.2) is 0 Å². The summed E-state index contributed by atoms with van der Waals surface area (Å²) >= 11 is 0. The molecular formula is C19H38O3Si. The van der Waals surface area contributed by atoms with E-state index in [4.69, 9.17) is 9.16 Å². The fraction of sp³-hybridized carbons (Fsp3) is 0.842. The second-order valence-corrected chi connectivity index (χ2v) is 11.4. The summed E-state index contributed by atoms with van der Waals surface area (Å²) in [6.45, 7) is 13.1. The average molecular weight is 343 g/mol. The third kappa shape index (κ3) is 6.90. The topological polar surface area (TPSA) is 35.5 Å². The Morgan fingerprint density at radius 3 is 2.00 bits per heavy atom. The molecule has 0 fully saturated rings. The molecule has 3 nitrogen and oxygen atoms in total. The minimum absolute atomic E-state index is 0.0305. The van der Waals surface area contributed by atoms with Crippen LogP contribution < -0.4 is 0 Å². The quantitative estimate of drug-likeness (QED) is 0.261. The van der Waals surface area contributed by atoms with Gasteiger partial charge in [0.15, 0.2) is 8.32 Å². The lowest BCUT2D eigenvalue weighted by Gasteiger charge is -2.39. The number of hydrogen-bond acceptors (Lipinski definition) is 3. The molecule has 4 heteroatoms. The molecule has 0 aromatic heterocycles. The van der Waals surface area contributed by atoms with Crippen LogP contribution in [-0.2, 0) is 14.0 Å². The number of carbonyl (C=O) groups excluding carboxylic acids is 1. The predicted octanol–water partition coefficient (Wildman–Crippen LogP) is 5.22. The Morgan fingerprint density at radius 2 is 1.61 bits per heavy atom. The van der Waals surface area contributed by atoms with E-state index in [-0.39, 0.29) is 18.1 Å². The summed E-state index contributed by atoms with van der Waals surface area (Å²) in [4.78, 5) is 11.2. The van der Waals surface area contributed by atoms with Gasteiger partial charge in [0.1, 0.15) is 6.29 Å². The third-order valence-electron chi connectivity index (χ3n) is 5.34. The molecule has 0 spiro atoms. The lowest BCUT2D eigenvalue weighted by molar-refractivity contribution is -0.111. The monoisotopic (exact) mass is 342 g/mol. The van der Waals surface area contributed by atoms with Gasteiger partial charge in [0.2, 0.25) is 0 Å². The highest BCUT2D eigenvalue weighted by molar-refractivity contribution is 6.73. The highest BCUT2D eigenvalue weighted by Gasteiger charge is 2.37. The Hall–Kier alpha value is -0.453. The van der Waals surface area contributed by atoms with Crippen LogP contribution in [0.3, 0.4) is 0 Å². The first-order valence-electron chi connectivity index (χ1n) is 9.20. The lowest BCUT2D eigenvalue weighted by atomic mass is 9.86. The second-order valence-electron chi connectivity index (χ2n) is 6.64. The zero-order chi connectivity index (χ0) is 17.9. The van der Waals surface area contributed by atoms with E-state index in [1.165, 1.54) is 0 Å². The van der Waals surface area contributed by atoms with Gasteiger partial charge < -0.3 is 14.0 Å². The van der Waals surface area contributed by atoms with Gasteiger partial charge in [0.05, 0.1) is 12.2 Å². The fourth-order valence-corrected chi connectivity index (χ4v) is 6.40. The molecule has 0 amide bonds. The van der Waals surface area contributed by atoms with Crippen LogP contribution in [0.4, 0.5) is 0 Å². The highest BCUT2D eigenvalue weighted by Crippen LogP contribution is 2.31. The van der Waals surface area contributed by atoms with E-state index >= 15 is 0 Å². The second kappa shape index (κ2) is 12.0. The van der Waals surface area contributed by atoms with Gasteiger partial charge >= 0.3 is 0 Å². The number of carbonyl (C=O) groups is 1. The summed E-state index contributed by atoms with van der Waals surface area (Å²) in [5, 5.41) is 0. The molecule has 4 atom stereocenters. The van der Waals surface area contributed by atoms with E-state index in [1.807, 2.05) is 6.92 Å². The van der Waals surface area contributed by atoms with Crippen molar-refractivity contribution in [2.24, 2.45) is 11.8 Å². The molecule has 0 aromatic carbocycles. The number of rotatable bonds is 13. The summed E-state index contributed by atoms with van der Waals surface area (Å²) in [6, 6.07) is 3.32. The first-order valence-corrected chi connectivity index (χ1v) is 11.7.